The fourth-order valence-corrected chi connectivity index (χ4v) is 7.05. The van der Waals surface area contributed by atoms with Crippen LogP contribution in [0.25, 0.3) is 11.1 Å². The van der Waals surface area contributed by atoms with Gasteiger partial charge < -0.3 is 15.8 Å². The van der Waals surface area contributed by atoms with Crippen LogP contribution >= 0.6 is 0 Å². The molecule has 3 aliphatic rings. The molecule has 214 valence electrons. The molecule has 2 amide bonds. The molecular formula is C30H36FN3O5S. The maximum absolute atomic E-state index is 15.1. The van der Waals surface area contributed by atoms with Crippen LogP contribution in [-0.4, -0.2) is 48.9 Å². The minimum atomic E-state index is -3.32. The molecule has 1 aliphatic heterocycles. The lowest BCUT2D eigenvalue weighted by atomic mass is 9.94. The third-order valence-electron chi connectivity index (χ3n) is 8.08. The van der Waals surface area contributed by atoms with E-state index in [1.807, 2.05) is 0 Å². The van der Waals surface area contributed by atoms with Crippen LogP contribution in [-0.2, 0) is 25.8 Å². The third kappa shape index (κ3) is 5.14. The Morgan fingerprint density at radius 3 is 2.40 bits per heavy atom. The highest BCUT2D eigenvalue weighted by Gasteiger charge is 2.64. The third-order valence-corrected chi connectivity index (χ3v) is 9.83. The maximum atomic E-state index is 15.1. The minimum Gasteiger partial charge on any atom is -0.443 e. The molecule has 0 aromatic heterocycles. The minimum absolute atomic E-state index is 0.00515. The first-order chi connectivity index (χ1) is 18.7. The second-order valence-electron chi connectivity index (χ2n) is 11.9. The van der Waals surface area contributed by atoms with Gasteiger partial charge in [-0.05, 0) is 79.5 Å². The van der Waals surface area contributed by atoms with E-state index in [0.29, 0.717) is 34.9 Å². The maximum Gasteiger partial charge on any atom is 0.415 e. The molecule has 1 saturated heterocycles. The van der Waals surface area contributed by atoms with Crippen LogP contribution in [0.3, 0.4) is 0 Å². The van der Waals surface area contributed by atoms with Gasteiger partial charge in [-0.25, -0.2) is 17.6 Å². The second-order valence-corrected chi connectivity index (χ2v) is 14.2. The first-order valence-corrected chi connectivity index (χ1v) is 15.3. The molecular weight excluding hydrogens is 533 g/mol. The highest BCUT2D eigenvalue weighted by Crippen LogP contribution is 2.65. The number of likely N-dealkylation sites (tertiary alicyclic amines) is 1. The number of nitrogens with zero attached hydrogens (tertiary/aromatic N) is 1. The lowest BCUT2D eigenvalue weighted by Gasteiger charge is -2.32. The van der Waals surface area contributed by atoms with Crippen LogP contribution in [0, 0.1) is 23.6 Å². The van der Waals surface area contributed by atoms with Crippen molar-refractivity contribution < 1.29 is 27.1 Å². The zero-order chi connectivity index (χ0) is 29.1. The molecule has 10 heteroatoms. The van der Waals surface area contributed by atoms with Gasteiger partial charge in [-0.3, -0.25) is 9.69 Å². The first kappa shape index (κ1) is 28.3. The van der Waals surface area contributed by atoms with E-state index in [9.17, 15) is 18.0 Å². The Bertz CT molecular complexity index is 1500. The van der Waals surface area contributed by atoms with Gasteiger partial charge in [0.25, 0.3) is 0 Å². The normalized spacial score (nSPS) is 24.1. The summed E-state index contributed by atoms with van der Waals surface area (Å²) in [7, 11) is -3.32. The number of nitrogens with one attached hydrogen (secondary N) is 1. The summed E-state index contributed by atoms with van der Waals surface area (Å²) < 4.78 is 44.8. The monoisotopic (exact) mass is 569 g/mol. The van der Waals surface area contributed by atoms with Crippen molar-refractivity contribution in [1.29, 1.82) is 0 Å². The molecule has 5 rings (SSSR count). The Balaban J connectivity index is 1.26. The van der Waals surface area contributed by atoms with Crippen molar-refractivity contribution in [2.45, 2.75) is 70.2 Å². The van der Waals surface area contributed by atoms with E-state index in [-0.39, 0.29) is 28.9 Å². The van der Waals surface area contributed by atoms with Gasteiger partial charge in [-0.1, -0.05) is 38.1 Å². The standard InChI is InChI=1S/C30H36FN3O5S/c1-6-40(37,38)20-11-9-17(10-12-20)18-7-8-19(22(31)13-18)14-24(32)33-28(35)27-21-15-23(26-16(2)25(21)26)34(27)29(36)39-30(3,4)5/h7-13,16,21,24-25,27H,6,14-15,32H2,1-5H3,(H,33,35)/t16-,21+,24-,25-,27-/m0/s1. The first-order valence-electron chi connectivity index (χ1n) is 13.6. The van der Waals surface area contributed by atoms with Crippen LogP contribution < -0.4 is 11.1 Å². The van der Waals surface area contributed by atoms with Crippen molar-refractivity contribution in [2.24, 2.45) is 23.5 Å². The Labute approximate surface area is 234 Å². The van der Waals surface area contributed by atoms with Crippen molar-refractivity contribution in [3.8, 4) is 11.1 Å². The van der Waals surface area contributed by atoms with Crippen LogP contribution in [0.5, 0.6) is 0 Å². The average Bonchev–Trinajstić information content (AvgIpc) is 3.22. The molecule has 1 saturated carbocycles. The van der Waals surface area contributed by atoms with E-state index in [4.69, 9.17) is 10.5 Å². The molecule has 0 unspecified atom stereocenters. The molecule has 1 heterocycles. The summed E-state index contributed by atoms with van der Waals surface area (Å²) >= 11 is 0. The van der Waals surface area contributed by atoms with Crippen LogP contribution in [0.1, 0.15) is 46.6 Å². The Hall–Kier alpha value is -3.24. The van der Waals surface area contributed by atoms with Gasteiger partial charge in [0, 0.05) is 18.0 Å². The van der Waals surface area contributed by atoms with Crippen molar-refractivity contribution in [1.82, 2.24) is 10.2 Å². The number of hydrogen-bond donors (Lipinski definition) is 2. The van der Waals surface area contributed by atoms with Gasteiger partial charge in [0.15, 0.2) is 9.84 Å². The topological polar surface area (TPSA) is 119 Å². The number of nitrogens with two attached hydrogens (primary N) is 1. The van der Waals surface area contributed by atoms with Crippen LogP contribution in [0.15, 0.2) is 58.6 Å². The molecule has 3 N–H and O–H groups in total. The van der Waals surface area contributed by atoms with Gasteiger partial charge in [-0.15, -0.1) is 0 Å². The average molecular weight is 570 g/mol. The Kier molecular flexibility index (Phi) is 7.07. The van der Waals surface area contributed by atoms with Gasteiger partial charge in [0.1, 0.15) is 17.5 Å². The summed E-state index contributed by atoms with van der Waals surface area (Å²) in [4.78, 5) is 28.2. The van der Waals surface area contributed by atoms with Gasteiger partial charge in [-0.2, -0.15) is 0 Å². The number of halogens is 1. The van der Waals surface area contributed by atoms with Gasteiger partial charge in [0.2, 0.25) is 5.91 Å². The summed E-state index contributed by atoms with van der Waals surface area (Å²) in [5.74, 6) is -0.188. The number of amides is 2. The number of sulfone groups is 1. The van der Waals surface area contributed by atoms with E-state index in [1.165, 1.54) is 28.7 Å². The molecule has 40 heavy (non-hydrogen) atoms. The number of rotatable bonds is 7. The van der Waals surface area contributed by atoms with Gasteiger partial charge in [0.05, 0.1) is 16.8 Å². The molecule has 2 aromatic carbocycles. The molecule has 2 aromatic rings. The molecule has 0 radical (unpaired) electrons. The molecule has 2 fully saturated rings. The van der Waals surface area contributed by atoms with E-state index in [2.05, 4.69) is 12.2 Å². The van der Waals surface area contributed by atoms with E-state index >= 15 is 4.39 Å². The zero-order valence-electron chi connectivity index (χ0n) is 23.4. The summed E-state index contributed by atoms with van der Waals surface area (Å²) in [5, 5.41) is 2.80. The fraction of sp³-hybridized carbons (Fsp3) is 0.467. The quantitative estimate of drug-likeness (QED) is 0.478. The summed E-state index contributed by atoms with van der Waals surface area (Å²) in [6.45, 7) is 9.06. The second kappa shape index (κ2) is 9.99. The fourth-order valence-electron chi connectivity index (χ4n) is 6.17. The molecule has 5 atom stereocenters. The molecule has 2 bridgehead atoms. The number of carbonyl (C=O) groups excluding carboxylic acids is 2. The summed E-state index contributed by atoms with van der Waals surface area (Å²) in [6.07, 6.45) is -0.677. The van der Waals surface area contributed by atoms with E-state index < -0.39 is 39.6 Å². The zero-order valence-corrected chi connectivity index (χ0v) is 24.2. The molecule has 8 nitrogen and oxygen atoms in total. The lowest BCUT2D eigenvalue weighted by Crippen LogP contribution is -2.55. The summed E-state index contributed by atoms with van der Waals surface area (Å²) in [5.41, 5.74) is 9.30. The van der Waals surface area contributed by atoms with E-state index in [0.717, 1.165) is 5.70 Å². The number of fused-ring (bicyclic) bond motifs is 4. The van der Waals surface area contributed by atoms with Crippen molar-refractivity contribution in [2.75, 3.05) is 5.75 Å². The summed E-state index contributed by atoms with van der Waals surface area (Å²) in [6, 6.07) is 10.3. The van der Waals surface area contributed by atoms with Crippen LogP contribution in [0.2, 0.25) is 0 Å². The van der Waals surface area contributed by atoms with Crippen molar-refractivity contribution >= 4 is 21.8 Å². The number of benzene rings is 2. The Morgan fingerprint density at radius 1 is 1.15 bits per heavy atom. The van der Waals surface area contributed by atoms with Crippen molar-refractivity contribution in [3.63, 3.8) is 0 Å². The Morgan fingerprint density at radius 2 is 1.80 bits per heavy atom. The molecule has 0 spiro atoms. The van der Waals surface area contributed by atoms with Gasteiger partial charge >= 0.3 is 6.09 Å². The smallest absolute Gasteiger partial charge is 0.415 e. The number of carbonyl (C=O) groups is 2. The highest BCUT2D eigenvalue weighted by molar-refractivity contribution is 7.91. The van der Waals surface area contributed by atoms with E-state index in [1.54, 1.807) is 52.0 Å². The number of allylic oxidation sites excluding steroid dienone is 2. The number of hydrogen-bond acceptors (Lipinski definition) is 6. The number of ether oxygens (including phenoxy) is 1. The SMILES string of the molecule is CCS(=O)(=O)c1ccc(-c2ccc(C[C@@H](N)NC(=O)[C@@H]3[C@@H]4CC(=C5[C@H]4[C@@H]5C)N3C(=O)OC(C)(C)C)c(F)c2)cc1. The molecule has 2 aliphatic carbocycles. The predicted molar refractivity (Wildman–Crippen MR) is 149 cm³/mol. The largest absolute Gasteiger partial charge is 0.443 e. The predicted octanol–water partition coefficient (Wildman–Crippen LogP) is 4.39. The highest BCUT2D eigenvalue weighted by atomic mass is 32.2. The van der Waals surface area contributed by atoms with Crippen molar-refractivity contribution in [3.05, 3.63) is 65.1 Å². The van der Waals surface area contributed by atoms with Crippen LogP contribution in [0.4, 0.5) is 9.18 Å². The lowest BCUT2D eigenvalue weighted by molar-refractivity contribution is -0.127.